The van der Waals surface area contributed by atoms with Gasteiger partial charge in [-0.3, -0.25) is 9.59 Å². The van der Waals surface area contributed by atoms with Crippen molar-refractivity contribution < 1.29 is 9.59 Å². The molecule has 1 aliphatic heterocycles. The van der Waals surface area contributed by atoms with Crippen molar-refractivity contribution in [2.45, 2.75) is 18.9 Å². The summed E-state index contributed by atoms with van der Waals surface area (Å²) in [4.78, 5) is 23.8. The van der Waals surface area contributed by atoms with Gasteiger partial charge in [-0.1, -0.05) is 0 Å². The summed E-state index contributed by atoms with van der Waals surface area (Å²) in [5, 5.41) is 2.76. The van der Waals surface area contributed by atoms with Gasteiger partial charge in [0.05, 0.1) is 6.04 Å². The Balaban J connectivity index is 2.31. The number of amides is 2. The van der Waals surface area contributed by atoms with E-state index >= 15 is 0 Å². The lowest BCUT2D eigenvalue weighted by molar-refractivity contribution is -0.126. The highest BCUT2D eigenvalue weighted by Crippen LogP contribution is 2.07. The second-order valence-corrected chi connectivity index (χ2v) is 3.28. The first-order valence-electron chi connectivity index (χ1n) is 4.37. The fourth-order valence-corrected chi connectivity index (χ4v) is 1.39. The summed E-state index contributed by atoms with van der Waals surface area (Å²) in [6.07, 6.45) is 0.737. The van der Waals surface area contributed by atoms with Crippen LogP contribution >= 0.6 is 0 Å². The molecule has 74 valence electrons. The Bertz CT molecular complexity index is 217. The number of likely N-dealkylation sites (N-methyl/N-ethyl adjacent to an activating group) is 1. The number of nitrogens with zero attached hydrogens (tertiary/aromatic N) is 1. The van der Waals surface area contributed by atoms with Crippen molar-refractivity contribution in [2.24, 2.45) is 5.73 Å². The van der Waals surface area contributed by atoms with Crippen molar-refractivity contribution in [1.29, 1.82) is 0 Å². The summed E-state index contributed by atoms with van der Waals surface area (Å²) >= 11 is 0. The molecule has 1 rings (SSSR count). The molecule has 1 aliphatic rings. The minimum absolute atomic E-state index is 0.0310. The van der Waals surface area contributed by atoms with E-state index in [-0.39, 0.29) is 17.9 Å². The van der Waals surface area contributed by atoms with E-state index < -0.39 is 0 Å². The minimum atomic E-state index is -0.0735. The molecule has 0 aromatic carbocycles. The Morgan fingerprint density at radius 3 is 2.92 bits per heavy atom. The minimum Gasteiger partial charge on any atom is -0.351 e. The van der Waals surface area contributed by atoms with Gasteiger partial charge in [0.25, 0.3) is 0 Å². The zero-order valence-corrected chi connectivity index (χ0v) is 7.75. The molecule has 0 aromatic heterocycles. The Kier molecular flexibility index (Phi) is 3.25. The molecule has 1 atom stereocenters. The zero-order chi connectivity index (χ0) is 9.84. The van der Waals surface area contributed by atoms with Gasteiger partial charge >= 0.3 is 0 Å². The Morgan fingerprint density at radius 1 is 1.77 bits per heavy atom. The quantitative estimate of drug-likeness (QED) is 0.572. The Labute approximate surface area is 77.3 Å². The van der Waals surface area contributed by atoms with Crippen LogP contribution in [0.25, 0.3) is 0 Å². The number of rotatable bonds is 3. The fourth-order valence-electron chi connectivity index (χ4n) is 1.39. The molecule has 13 heavy (non-hydrogen) atoms. The van der Waals surface area contributed by atoms with Crippen LogP contribution in [0.4, 0.5) is 0 Å². The predicted octanol–water partition coefficient (Wildman–Crippen LogP) is -1.32. The summed E-state index contributed by atoms with van der Waals surface area (Å²) < 4.78 is 0. The average Bonchev–Trinajstić information content (AvgIpc) is 2.31. The highest BCUT2D eigenvalue weighted by Gasteiger charge is 2.27. The maximum atomic E-state index is 11.1. The third-order valence-corrected chi connectivity index (χ3v) is 2.08. The van der Waals surface area contributed by atoms with Crippen molar-refractivity contribution in [3.05, 3.63) is 0 Å². The molecule has 1 unspecified atom stereocenters. The topological polar surface area (TPSA) is 75.4 Å². The molecular weight excluding hydrogens is 170 g/mol. The van der Waals surface area contributed by atoms with Crippen LogP contribution in [-0.2, 0) is 9.59 Å². The second-order valence-electron chi connectivity index (χ2n) is 3.28. The predicted molar refractivity (Wildman–Crippen MR) is 47.9 cm³/mol. The van der Waals surface area contributed by atoms with Gasteiger partial charge in [0, 0.05) is 33.0 Å². The first-order chi connectivity index (χ1) is 6.13. The van der Waals surface area contributed by atoms with E-state index in [1.165, 1.54) is 0 Å². The Morgan fingerprint density at radius 2 is 2.46 bits per heavy atom. The van der Waals surface area contributed by atoms with Crippen LogP contribution in [0.15, 0.2) is 0 Å². The van der Waals surface area contributed by atoms with E-state index in [1.807, 2.05) is 0 Å². The maximum Gasteiger partial charge on any atom is 0.224 e. The molecule has 0 aromatic rings. The van der Waals surface area contributed by atoms with Crippen LogP contribution in [0.2, 0.25) is 0 Å². The van der Waals surface area contributed by atoms with E-state index in [4.69, 9.17) is 5.73 Å². The Hall–Kier alpha value is -1.10. The van der Waals surface area contributed by atoms with Gasteiger partial charge in [0.1, 0.15) is 0 Å². The molecule has 5 nitrogen and oxygen atoms in total. The largest absolute Gasteiger partial charge is 0.351 e. The van der Waals surface area contributed by atoms with E-state index in [0.29, 0.717) is 25.9 Å². The standard InChI is InChI=1S/C8H15N3O2/c1-11-5-6(4-8(11)13)10-7(12)2-3-9/h6H,2-5,9H2,1H3,(H,10,12). The van der Waals surface area contributed by atoms with Gasteiger partial charge in [-0.2, -0.15) is 0 Å². The molecule has 1 fully saturated rings. The number of likely N-dealkylation sites (tertiary alicyclic amines) is 1. The number of hydrogen-bond acceptors (Lipinski definition) is 3. The van der Waals surface area contributed by atoms with E-state index in [9.17, 15) is 9.59 Å². The van der Waals surface area contributed by atoms with E-state index in [0.717, 1.165) is 0 Å². The lowest BCUT2D eigenvalue weighted by atomic mass is 10.2. The van der Waals surface area contributed by atoms with Crippen LogP contribution in [0.1, 0.15) is 12.8 Å². The van der Waals surface area contributed by atoms with Crippen molar-refractivity contribution in [2.75, 3.05) is 20.1 Å². The van der Waals surface area contributed by atoms with Gasteiger partial charge in [0.2, 0.25) is 11.8 Å². The van der Waals surface area contributed by atoms with E-state index in [1.54, 1.807) is 11.9 Å². The molecule has 1 heterocycles. The van der Waals surface area contributed by atoms with Crippen LogP contribution < -0.4 is 11.1 Å². The number of carbonyl (C=O) groups is 2. The van der Waals surface area contributed by atoms with Crippen LogP contribution in [-0.4, -0.2) is 42.9 Å². The molecule has 0 saturated carbocycles. The third-order valence-electron chi connectivity index (χ3n) is 2.08. The molecule has 0 spiro atoms. The first kappa shape index (κ1) is 9.98. The smallest absolute Gasteiger partial charge is 0.224 e. The summed E-state index contributed by atoms with van der Waals surface area (Å²) in [5.41, 5.74) is 5.22. The lowest BCUT2D eigenvalue weighted by Gasteiger charge is -2.11. The highest BCUT2D eigenvalue weighted by molar-refractivity contribution is 5.82. The second kappa shape index (κ2) is 4.23. The van der Waals surface area contributed by atoms with Crippen molar-refractivity contribution in [3.63, 3.8) is 0 Å². The zero-order valence-electron chi connectivity index (χ0n) is 7.75. The van der Waals surface area contributed by atoms with Gasteiger partial charge in [-0.05, 0) is 0 Å². The number of carbonyl (C=O) groups excluding carboxylic acids is 2. The molecule has 0 radical (unpaired) electrons. The molecule has 3 N–H and O–H groups in total. The van der Waals surface area contributed by atoms with Gasteiger partial charge in [-0.25, -0.2) is 0 Å². The van der Waals surface area contributed by atoms with Gasteiger partial charge < -0.3 is 16.0 Å². The molecule has 2 amide bonds. The van der Waals surface area contributed by atoms with Crippen molar-refractivity contribution >= 4 is 11.8 Å². The number of hydrogen-bond donors (Lipinski definition) is 2. The van der Waals surface area contributed by atoms with E-state index in [2.05, 4.69) is 5.32 Å². The normalized spacial score (nSPS) is 22.2. The van der Waals surface area contributed by atoms with Crippen LogP contribution in [0, 0.1) is 0 Å². The summed E-state index contributed by atoms with van der Waals surface area (Å²) in [6, 6.07) is -0.0310. The number of nitrogens with two attached hydrogens (primary N) is 1. The maximum absolute atomic E-state index is 11.1. The average molecular weight is 185 g/mol. The molecule has 0 bridgehead atoms. The van der Waals surface area contributed by atoms with Crippen LogP contribution in [0.5, 0.6) is 0 Å². The molecular formula is C8H15N3O2. The first-order valence-corrected chi connectivity index (χ1v) is 4.37. The SMILES string of the molecule is CN1CC(NC(=O)CCN)CC1=O. The monoisotopic (exact) mass is 185 g/mol. The summed E-state index contributed by atoms with van der Waals surface area (Å²) in [7, 11) is 1.73. The van der Waals surface area contributed by atoms with Crippen LogP contribution in [0.3, 0.4) is 0 Å². The summed E-state index contributed by atoms with van der Waals surface area (Å²) in [5.74, 6) is 0.00801. The molecule has 5 heteroatoms. The number of nitrogens with one attached hydrogen (secondary N) is 1. The molecule has 1 saturated heterocycles. The lowest BCUT2D eigenvalue weighted by Crippen LogP contribution is -2.37. The van der Waals surface area contributed by atoms with Crippen molar-refractivity contribution in [1.82, 2.24) is 10.2 Å². The highest BCUT2D eigenvalue weighted by atomic mass is 16.2. The fraction of sp³-hybridized carbons (Fsp3) is 0.750. The van der Waals surface area contributed by atoms with Gasteiger partial charge in [0.15, 0.2) is 0 Å². The molecule has 0 aliphatic carbocycles. The van der Waals surface area contributed by atoms with Crippen molar-refractivity contribution in [3.8, 4) is 0 Å². The van der Waals surface area contributed by atoms with Gasteiger partial charge in [-0.15, -0.1) is 0 Å². The summed E-state index contributed by atoms with van der Waals surface area (Å²) in [6.45, 7) is 0.956. The third kappa shape index (κ3) is 2.69.